The second kappa shape index (κ2) is 11.4. The zero-order valence-corrected chi connectivity index (χ0v) is 13.1. The molecule has 0 spiro atoms. The van der Waals surface area contributed by atoms with Crippen LogP contribution in [0.5, 0.6) is 0 Å². The Bertz CT molecular complexity index is 470. The summed E-state index contributed by atoms with van der Waals surface area (Å²) in [5, 5.41) is 10.3. The van der Waals surface area contributed by atoms with Gasteiger partial charge in [0, 0.05) is 26.0 Å². The topological polar surface area (TPSA) is 95.7 Å². The summed E-state index contributed by atoms with van der Waals surface area (Å²) < 4.78 is 8.22. The van der Waals surface area contributed by atoms with Crippen LogP contribution in [0.3, 0.4) is 0 Å². The molecule has 118 valence electrons. The van der Waals surface area contributed by atoms with Crippen molar-refractivity contribution in [1.29, 1.82) is 0 Å². The number of hydrogen-bond acceptors (Lipinski definition) is 6. The van der Waals surface area contributed by atoms with E-state index in [0.29, 0.717) is 0 Å². The summed E-state index contributed by atoms with van der Waals surface area (Å²) in [6.07, 6.45) is 0. The van der Waals surface area contributed by atoms with Gasteiger partial charge in [-0.05, 0) is 25.0 Å². The predicted molar refractivity (Wildman–Crippen MR) is 78.0 cm³/mol. The molecule has 21 heavy (non-hydrogen) atoms. The minimum Gasteiger partial charge on any atom is -0.469 e. The Balaban J connectivity index is 0. The third kappa shape index (κ3) is 12.3. The highest BCUT2D eigenvalue weighted by molar-refractivity contribution is 5.65. The lowest BCUT2D eigenvalue weighted by Crippen LogP contribution is -1.89. The first-order chi connectivity index (χ1) is 9.65. The Morgan fingerprint density at radius 1 is 1.00 bits per heavy atom. The second-order valence-corrected chi connectivity index (χ2v) is 3.92. The van der Waals surface area contributed by atoms with Gasteiger partial charge < -0.3 is 9.47 Å². The van der Waals surface area contributed by atoms with Crippen LogP contribution in [0.1, 0.15) is 25.0 Å². The number of rotatable bonds is 1. The van der Waals surface area contributed by atoms with Gasteiger partial charge >= 0.3 is 11.9 Å². The quantitative estimate of drug-likeness (QED) is 0.449. The summed E-state index contributed by atoms with van der Waals surface area (Å²) >= 11 is 0. The van der Waals surface area contributed by atoms with Gasteiger partial charge in [0.25, 0.3) is 5.69 Å². The molecule has 1 aromatic rings. The molecule has 7 heteroatoms. The molecule has 0 aromatic heterocycles. The van der Waals surface area contributed by atoms with Gasteiger partial charge in [-0.2, -0.15) is 0 Å². The fraction of sp³-hybridized carbons (Fsp3) is 0.429. The standard InChI is InChI=1S/C8H9NO2.2C3H6O2/c1-6-3-4-8(9(10)11)5-7(6)2;2*1-3(4)5-2/h3-5H,1-2H3;2*1-2H3. The summed E-state index contributed by atoms with van der Waals surface area (Å²) in [6.45, 7) is 6.52. The third-order valence-electron chi connectivity index (χ3n) is 2.28. The van der Waals surface area contributed by atoms with Crippen LogP contribution in [-0.2, 0) is 19.1 Å². The van der Waals surface area contributed by atoms with E-state index in [1.54, 1.807) is 12.1 Å². The van der Waals surface area contributed by atoms with E-state index in [1.807, 2.05) is 13.8 Å². The first kappa shape index (κ1) is 20.9. The first-order valence-electron chi connectivity index (χ1n) is 5.96. The molecule has 1 rings (SSSR count). The fourth-order valence-corrected chi connectivity index (χ4v) is 0.839. The summed E-state index contributed by atoms with van der Waals surface area (Å²) in [7, 11) is 2.70. The van der Waals surface area contributed by atoms with Gasteiger partial charge in [-0.1, -0.05) is 6.07 Å². The van der Waals surface area contributed by atoms with Crippen molar-refractivity contribution in [2.24, 2.45) is 0 Å². The number of esters is 2. The number of ether oxygens (including phenoxy) is 2. The van der Waals surface area contributed by atoms with E-state index in [1.165, 1.54) is 34.1 Å². The number of carbonyl (C=O) groups excluding carboxylic acids is 2. The monoisotopic (exact) mass is 299 g/mol. The van der Waals surface area contributed by atoms with Crippen molar-refractivity contribution in [2.45, 2.75) is 27.7 Å². The molecule has 0 saturated carbocycles. The number of nitro benzene ring substituents is 1. The molecular formula is C14H21NO6. The molecule has 0 aliphatic rings. The zero-order valence-electron chi connectivity index (χ0n) is 13.1. The fourth-order valence-electron chi connectivity index (χ4n) is 0.839. The molecule has 0 aliphatic carbocycles. The van der Waals surface area contributed by atoms with Crippen LogP contribution in [0.15, 0.2) is 18.2 Å². The maximum atomic E-state index is 10.3. The van der Waals surface area contributed by atoms with E-state index in [-0.39, 0.29) is 22.5 Å². The van der Waals surface area contributed by atoms with E-state index < -0.39 is 0 Å². The Hall–Kier alpha value is -2.44. The summed E-state index contributed by atoms with van der Waals surface area (Å²) in [5.74, 6) is -0.491. The smallest absolute Gasteiger partial charge is 0.302 e. The Morgan fingerprint density at radius 3 is 1.62 bits per heavy atom. The third-order valence-corrected chi connectivity index (χ3v) is 2.28. The summed E-state index contributed by atoms with van der Waals surface area (Å²) in [5.41, 5.74) is 2.20. The van der Waals surface area contributed by atoms with Crippen LogP contribution in [0.2, 0.25) is 0 Å². The number of methoxy groups -OCH3 is 2. The number of non-ortho nitro benzene ring substituents is 1. The average Bonchev–Trinajstić information content (AvgIpc) is 2.42. The molecule has 0 atom stereocenters. The highest BCUT2D eigenvalue weighted by atomic mass is 16.6. The number of nitro groups is 1. The first-order valence-corrected chi connectivity index (χ1v) is 5.96. The van der Waals surface area contributed by atoms with E-state index >= 15 is 0 Å². The maximum absolute atomic E-state index is 10.3. The average molecular weight is 299 g/mol. The number of hydrogen-bond donors (Lipinski definition) is 0. The number of benzene rings is 1. The Labute approximate surface area is 124 Å². The Morgan fingerprint density at radius 2 is 1.38 bits per heavy atom. The lowest BCUT2D eigenvalue weighted by molar-refractivity contribution is -0.384. The van der Waals surface area contributed by atoms with E-state index in [2.05, 4.69) is 9.47 Å². The minimum absolute atomic E-state index is 0.160. The van der Waals surface area contributed by atoms with Crippen LogP contribution in [-0.4, -0.2) is 31.1 Å². The molecule has 0 radical (unpaired) electrons. The second-order valence-electron chi connectivity index (χ2n) is 3.92. The maximum Gasteiger partial charge on any atom is 0.302 e. The SMILES string of the molecule is COC(C)=O.COC(C)=O.Cc1ccc([N+](=O)[O-])cc1C. The molecule has 0 aliphatic heterocycles. The largest absolute Gasteiger partial charge is 0.469 e. The van der Waals surface area contributed by atoms with Gasteiger partial charge in [-0.15, -0.1) is 0 Å². The van der Waals surface area contributed by atoms with Gasteiger partial charge in [0.05, 0.1) is 19.1 Å². The van der Waals surface area contributed by atoms with Crippen molar-refractivity contribution in [3.8, 4) is 0 Å². The van der Waals surface area contributed by atoms with Crippen molar-refractivity contribution in [1.82, 2.24) is 0 Å². The van der Waals surface area contributed by atoms with Crippen molar-refractivity contribution in [2.75, 3.05) is 14.2 Å². The number of carbonyl (C=O) groups is 2. The molecule has 0 bridgehead atoms. The molecule has 0 heterocycles. The van der Waals surface area contributed by atoms with Gasteiger partial charge in [-0.25, -0.2) is 0 Å². The van der Waals surface area contributed by atoms with E-state index in [9.17, 15) is 19.7 Å². The van der Waals surface area contributed by atoms with Gasteiger partial charge in [-0.3, -0.25) is 19.7 Å². The number of aryl methyl sites for hydroxylation is 2. The van der Waals surface area contributed by atoms with E-state index in [4.69, 9.17) is 0 Å². The van der Waals surface area contributed by atoms with Crippen LogP contribution in [0.4, 0.5) is 5.69 Å². The minimum atomic E-state index is -0.382. The molecule has 0 N–H and O–H groups in total. The van der Waals surface area contributed by atoms with Crippen LogP contribution >= 0.6 is 0 Å². The molecule has 0 saturated heterocycles. The normalized spacial score (nSPS) is 8.29. The van der Waals surface area contributed by atoms with Crippen molar-refractivity contribution < 1.29 is 24.0 Å². The van der Waals surface area contributed by atoms with Crippen LogP contribution < -0.4 is 0 Å². The van der Waals surface area contributed by atoms with Gasteiger partial charge in [0.1, 0.15) is 0 Å². The van der Waals surface area contributed by atoms with Crippen molar-refractivity contribution >= 4 is 17.6 Å². The molecule has 0 fully saturated rings. The van der Waals surface area contributed by atoms with Crippen LogP contribution in [0, 0.1) is 24.0 Å². The highest BCUT2D eigenvalue weighted by Gasteiger charge is 2.04. The molecule has 7 nitrogen and oxygen atoms in total. The molecule has 0 unspecified atom stereocenters. The molecule has 0 amide bonds. The lowest BCUT2D eigenvalue weighted by Gasteiger charge is -1.97. The highest BCUT2D eigenvalue weighted by Crippen LogP contribution is 2.15. The molecule has 1 aromatic carbocycles. The summed E-state index contributed by atoms with van der Waals surface area (Å²) in [4.78, 5) is 29.1. The van der Waals surface area contributed by atoms with Crippen molar-refractivity contribution in [3.05, 3.63) is 39.4 Å². The molecular weight excluding hydrogens is 278 g/mol. The van der Waals surface area contributed by atoms with Crippen LogP contribution in [0.25, 0.3) is 0 Å². The van der Waals surface area contributed by atoms with Crippen molar-refractivity contribution in [3.63, 3.8) is 0 Å². The summed E-state index contributed by atoms with van der Waals surface area (Å²) in [6, 6.07) is 4.85. The lowest BCUT2D eigenvalue weighted by atomic mass is 10.1. The van der Waals surface area contributed by atoms with E-state index in [0.717, 1.165) is 11.1 Å². The Kier molecular flexibility index (Phi) is 11.3. The van der Waals surface area contributed by atoms with Gasteiger partial charge in [0.2, 0.25) is 0 Å². The van der Waals surface area contributed by atoms with Gasteiger partial charge in [0.15, 0.2) is 0 Å². The predicted octanol–water partition coefficient (Wildman–Crippen LogP) is 2.57. The zero-order chi connectivity index (χ0) is 17.0. The number of nitrogens with zero attached hydrogens (tertiary/aromatic N) is 1.